The molecule has 1 unspecified atom stereocenters. The van der Waals surface area contributed by atoms with E-state index in [9.17, 15) is 0 Å². The number of rotatable bonds is 1. The van der Waals surface area contributed by atoms with Crippen molar-refractivity contribution in [2.75, 3.05) is 6.54 Å². The van der Waals surface area contributed by atoms with Gasteiger partial charge in [-0.1, -0.05) is 27.5 Å². The van der Waals surface area contributed by atoms with Crippen molar-refractivity contribution in [1.29, 1.82) is 0 Å². The molecule has 1 aromatic carbocycles. The van der Waals surface area contributed by atoms with E-state index in [4.69, 9.17) is 11.6 Å². The zero-order valence-corrected chi connectivity index (χ0v) is 12.2. The van der Waals surface area contributed by atoms with Crippen LogP contribution in [0.3, 0.4) is 0 Å². The first-order valence-electron chi connectivity index (χ1n) is 5.78. The molecule has 1 atom stereocenters. The molecular formula is C12H12BrClN4. The summed E-state index contributed by atoms with van der Waals surface area (Å²) in [5.41, 5.74) is 0.916. The minimum atomic E-state index is 0.228. The number of fused-ring (bicyclic) bond motifs is 1. The zero-order chi connectivity index (χ0) is 12.7. The molecule has 1 aromatic heterocycles. The molecular weight excluding hydrogens is 316 g/mol. The SMILES string of the molecule is CC1NCCn2c(-c3cc(Br)ccc3Cl)nnc21. The summed E-state index contributed by atoms with van der Waals surface area (Å²) in [5, 5.41) is 12.6. The van der Waals surface area contributed by atoms with Crippen molar-refractivity contribution in [3.63, 3.8) is 0 Å². The van der Waals surface area contributed by atoms with Gasteiger partial charge < -0.3 is 9.88 Å². The van der Waals surface area contributed by atoms with Crippen molar-refractivity contribution >= 4 is 27.5 Å². The number of hydrogen-bond acceptors (Lipinski definition) is 3. The van der Waals surface area contributed by atoms with Crippen LogP contribution in [0.25, 0.3) is 11.4 Å². The van der Waals surface area contributed by atoms with Crippen LogP contribution >= 0.6 is 27.5 Å². The standard InChI is InChI=1S/C12H12BrClN4/c1-7-11-16-17-12(18(11)5-4-15-7)9-6-8(13)2-3-10(9)14/h2-3,6-7,15H,4-5H2,1H3. The van der Waals surface area contributed by atoms with Crippen LogP contribution in [-0.2, 0) is 6.54 Å². The lowest BCUT2D eigenvalue weighted by Gasteiger charge is -2.22. The maximum Gasteiger partial charge on any atom is 0.165 e. The van der Waals surface area contributed by atoms with Crippen LogP contribution in [0.2, 0.25) is 5.02 Å². The van der Waals surface area contributed by atoms with E-state index in [0.717, 1.165) is 34.8 Å². The van der Waals surface area contributed by atoms with E-state index in [2.05, 4.69) is 42.9 Å². The lowest BCUT2D eigenvalue weighted by molar-refractivity contribution is 0.439. The largest absolute Gasteiger partial charge is 0.308 e. The molecule has 4 nitrogen and oxygen atoms in total. The second-order valence-electron chi connectivity index (χ2n) is 4.33. The minimum Gasteiger partial charge on any atom is -0.308 e. The van der Waals surface area contributed by atoms with Gasteiger partial charge in [0, 0.05) is 23.1 Å². The summed E-state index contributed by atoms with van der Waals surface area (Å²) in [6, 6.07) is 5.99. The van der Waals surface area contributed by atoms with E-state index in [-0.39, 0.29) is 6.04 Å². The smallest absolute Gasteiger partial charge is 0.165 e. The zero-order valence-electron chi connectivity index (χ0n) is 9.82. The Kier molecular flexibility index (Phi) is 3.13. The van der Waals surface area contributed by atoms with Gasteiger partial charge in [-0.2, -0.15) is 0 Å². The maximum atomic E-state index is 6.25. The fourth-order valence-corrected chi connectivity index (χ4v) is 2.77. The highest BCUT2D eigenvalue weighted by atomic mass is 79.9. The molecule has 1 aliphatic heterocycles. The molecule has 2 heterocycles. The average molecular weight is 328 g/mol. The van der Waals surface area contributed by atoms with Crippen LogP contribution in [0.1, 0.15) is 18.8 Å². The predicted octanol–water partition coefficient (Wildman–Crippen LogP) is 3.03. The molecule has 0 bridgehead atoms. The first-order chi connectivity index (χ1) is 8.66. The minimum absolute atomic E-state index is 0.228. The third kappa shape index (κ3) is 1.96. The number of benzene rings is 1. The van der Waals surface area contributed by atoms with Crippen LogP contribution in [0, 0.1) is 0 Å². The van der Waals surface area contributed by atoms with E-state index in [1.165, 1.54) is 0 Å². The Balaban J connectivity index is 2.15. The second-order valence-corrected chi connectivity index (χ2v) is 5.66. The number of nitrogens with zero attached hydrogens (tertiary/aromatic N) is 3. The second kappa shape index (κ2) is 4.64. The van der Waals surface area contributed by atoms with Crippen molar-refractivity contribution in [2.24, 2.45) is 0 Å². The molecule has 6 heteroatoms. The third-order valence-corrected chi connectivity index (χ3v) is 3.94. The van der Waals surface area contributed by atoms with Crippen molar-refractivity contribution in [3.8, 4) is 11.4 Å². The van der Waals surface area contributed by atoms with Crippen molar-refractivity contribution in [1.82, 2.24) is 20.1 Å². The van der Waals surface area contributed by atoms with Crippen LogP contribution in [0.4, 0.5) is 0 Å². The predicted molar refractivity (Wildman–Crippen MR) is 74.6 cm³/mol. The maximum absolute atomic E-state index is 6.25. The summed E-state index contributed by atoms with van der Waals surface area (Å²) in [5.74, 6) is 1.80. The van der Waals surface area contributed by atoms with E-state index in [1.807, 2.05) is 18.2 Å². The third-order valence-electron chi connectivity index (χ3n) is 3.12. The normalized spacial score (nSPS) is 18.7. The van der Waals surface area contributed by atoms with Gasteiger partial charge in [0.1, 0.15) is 5.82 Å². The fourth-order valence-electron chi connectivity index (χ4n) is 2.21. The quantitative estimate of drug-likeness (QED) is 0.875. The Bertz CT molecular complexity index is 596. The summed E-state index contributed by atoms with van der Waals surface area (Å²) in [4.78, 5) is 0. The van der Waals surface area contributed by atoms with E-state index in [1.54, 1.807) is 0 Å². The number of aromatic nitrogens is 3. The van der Waals surface area contributed by atoms with E-state index < -0.39 is 0 Å². The molecule has 0 radical (unpaired) electrons. The first-order valence-corrected chi connectivity index (χ1v) is 6.96. The molecule has 0 fully saturated rings. The highest BCUT2D eigenvalue weighted by Gasteiger charge is 2.23. The Labute approximate surface area is 118 Å². The molecule has 0 aliphatic carbocycles. The van der Waals surface area contributed by atoms with Gasteiger partial charge in [-0.05, 0) is 25.1 Å². The van der Waals surface area contributed by atoms with Crippen LogP contribution in [-0.4, -0.2) is 21.3 Å². The summed E-state index contributed by atoms with van der Waals surface area (Å²) in [6.45, 7) is 3.88. The van der Waals surface area contributed by atoms with Crippen molar-refractivity contribution in [2.45, 2.75) is 19.5 Å². The topological polar surface area (TPSA) is 42.7 Å². The molecule has 1 aliphatic rings. The monoisotopic (exact) mass is 326 g/mol. The van der Waals surface area contributed by atoms with Gasteiger partial charge in [-0.3, -0.25) is 0 Å². The Hall–Kier alpha value is -0.910. The molecule has 0 saturated heterocycles. The Morgan fingerprint density at radius 3 is 3.11 bits per heavy atom. The number of nitrogens with one attached hydrogen (secondary N) is 1. The average Bonchev–Trinajstić information content (AvgIpc) is 2.77. The highest BCUT2D eigenvalue weighted by molar-refractivity contribution is 9.10. The Morgan fingerprint density at radius 1 is 1.44 bits per heavy atom. The molecule has 94 valence electrons. The van der Waals surface area contributed by atoms with Crippen molar-refractivity contribution < 1.29 is 0 Å². The van der Waals surface area contributed by atoms with Gasteiger partial charge >= 0.3 is 0 Å². The summed E-state index contributed by atoms with van der Waals surface area (Å²) in [6.07, 6.45) is 0. The first kappa shape index (κ1) is 12.1. The highest BCUT2D eigenvalue weighted by Crippen LogP contribution is 2.31. The van der Waals surface area contributed by atoms with Crippen LogP contribution in [0.15, 0.2) is 22.7 Å². The molecule has 0 amide bonds. The molecule has 3 rings (SSSR count). The van der Waals surface area contributed by atoms with E-state index >= 15 is 0 Å². The van der Waals surface area contributed by atoms with Gasteiger partial charge in [0.25, 0.3) is 0 Å². The molecule has 1 N–H and O–H groups in total. The molecule has 2 aromatic rings. The van der Waals surface area contributed by atoms with Gasteiger partial charge in [0.15, 0.2) is 5.82 Å². The summed E-state index contributed by atoms with van der Waals surface area (Å²) < 4.78 is 3.12. The van der Waals surface area contributed by atoms with Gasteiger partial charge in [-0.25, -0.2) is 0 Å². The summed E-state index contributed by atoms with van der Waals surface area (Å²) in [7, 11) is 0. The lowest BCUT2D eigenvalue weighted by Crippen LogP contribution is -2.32. The molecule has 18 heavy (non-hydrogen) atoms. The lowest BCUT2D eigenvalue weighted by atomic mass is 10.2. The Morgan fingerprint density at radius 2 is 2.28 bits per heavy atom. The van der Waals surface area contributed by atoms with E-state index in [0.29, 0.717) is 5.02 Å². The number of halogens is 2. The molecule has 0 spiro atoms. The van der Waals surface area contributed by atoms with Crippen LogP contribution in [0.5, 0.6) is 0 Å². The van der Waals surface area contributed by atoms with Gasteiger partial charge in [-0.15, -0.1) is 10.2 Å². The summed E-state index contributed by atoms with van der Waals surface area (Å²) >= 11 is 9.71. The number of hydrogen-bond donors (Lipinski definition) is 1. The van der Waals surface area contributed by atoms with Gasteiger partial charge in [0.05, 0.1) is 11.1 Å². The van der Waals surface area contributed by atoms with Crippen LogP contribution < -0.4 is 5.32 Å². The fraction of sp³-hybridized carbons (Fsp3) is 0.333. The molecule has 0 saturated carbocycles. The van der Waals surface area contributed by atoms with Gasteiger partial charge in [0.2, 0.25) is 0 Å². The van der Waals surface area contributed by atoms with Crippen molar-refractivity contribution in [3.05, 3.63) is 33.5 Å².